The lowest BCUT2D eigenvalue weighted by Gasteiger charge is -2.42. The van der Waals surface area contributed by atoms with Gasteiger partial charge in [-0.1, -0.05) is 6.92 Å². The van der Waals surface area contributed by atoms with Crippen LogP contribution in [0.25, 0.3) is 5.65 Å². The predicted octanol–water partition coefficient (Wildman–Crippen LogP) is 2.23. The van der Waals surface area contributed by atoms with E-state index in [0.29, 0.717) is 24.6 Å². The second-order valence-electron chi connectivity index (χ2n) is 8.80. The van der Waals surface area contributed by atoms with Crippen LogP contribution in [-0.4, -0.2) is 68.8 Å². The first-order valence-corrected chi connectivity index (χ1v) is 11.0. The number of alkyl halides is 2. The van der Waals surface area contributed by atoms with E-state index in [1.165, 1.54) is 29.2 Å². The van der Waals surface area contributed by atoms with Crippen molar-refractivity contribution >= 4 is 17.4 Å². The highest BCUT2D eigenvalue weighted by atomic mass is 19.3. The second kappa shape index (κ2) is 8.61. The van der Waals surface area contributed by atoms with Crippen molar-refractivity contribution in [2.24, 2.45) is 5.92 Å². The van der Waals surface area contributed by atoms with Crippen LogP contribution in [0.3, 0.4) is 0 Å². The number of carbonyl (C=O) groups excluding carboxylic acids is 1. The van der Waals surface area contributed by atoms with Gasteiger partial charge in [0.1, 0.15) is 31.4 Å². The molecule has 0 radical (unpaired) electrons. The normalized spacial score (nSPS) is 22.2. The molecule has 2 aliphatic rings. The monoisotopic (exact) mass is 467 g/mol. The van der Waals surface area contributed by atoms with Gasteiger partial charge in [-0.05, 0) is 36.6 Å². The Bertz CT molecular complexity index is 1240. The zero-order valence-electron chi connectivity index (χ0n) is 18.5. The maximum atomic E-state index is 14.8. The summed E-state index contributed by atoms with van der Waals surface area (Å²) in [6.45, 7) is 1.73. The summed E-state index contributed by atoms with van der Waals surface area (Å²) in [5.41, 5.74) is 0.253. The number of hydrogen-bond donors (Lipinski definition) is 0. The Morgan fingerprint density at radius 2 is 2.15 bits per heavy atom. The molecule has 3 atom stereocenters. The van der Waals surface area contributed by atoms with Gasteiger partial charge in [-0.25, -0.2) is 14.5 Å². The fraction of sp³-hybridized carbons (Fsp3) is 0.435. The second-order valence-corrected chi connectivity index (χ2v) is 8.80. The summed E-state index contributed by atoms with van der Waals surface area (Å²) in [5.74, 6) is -2.50. The summed E-state index contributed by atoms with van der Waals surface area (Å²) < 4.78 is 36.0. The van der Waals surface area contributed by atoms with Gasteiger partial charge in [-0.15, -0.1) is 0 Å². The first kappa shape index (κ1) is 22.2. The molecular formula is C23H23F2N7O2. The van der Waals surface area contributed by atoms with Gasteiger partial charge in [-0.3, -0.25) is 4.79 Å². The number of likely N-dealkylation sites (tertiary alicyclic amines) is 1. The Morgan fingerprint density at radius 1 is 1.29 bits per heavy atom. The average Bonchev–Trinajstić information content (AvgIpc) is 3.39. The lowest BCUT2D eigenvalue weighted by Crippen LogP contribution is -2.57. The van der Waals surface area contributed by atoms with Crippen LogP contribution in [0.1, 0.15) is 24.5 Å². The molecule has 9 nitrogen and oxygen atoms in total. The third-order valence-corrected chi connectivity index (χ3v) is 6.59. The molecule has 0 aromatic carbocycles. The van der Waals surface area contributed by atoms with E-state index in [0.717, 1.165) is 12.2 Å². The van der Waals surface area contributed by atoms with Gasteiger partial charge in [0, 0.05) is 31.5 Å². The van der Waals surface area contributed by atoms with E-state index in [1.807, 2.05) is 6.07 Å². The van der Waals surface area contributed by atoms with Crippen molar-refractivity contribution in [3.05, 3.63) is 54.1 Å². The van der Waals surface area contributed by atoms with E-state index in [-0.39, 0.29) is 29.2 Å². The summed E-state index contributed by atoms with van der Waals surface area (Å²) in [6, 6.07) is 8.52. The number of ether oxygens (including phenoxy) is 1. The first-order chi connectivity index (χ1) is 16.4. The maximum absolute atomic E-state index is 14.8. The van der Waals surface area contributed by atoms with Crippen LogP contribution >= 0.6 is 0 Å². The highest BCUT2D eigenvalue weighted by Crippen LogP contribution is 2.37. The Kier molecular flexibility index (Phi) is 5.61. The van der Waals surface area contributed by atoms with Crippen molar-refractivity contribution in [2.75, 3.05) is 31.2 Å². The molecule has 34 heavy (non-hydrogen) atoms. The minimum Gasteiger partial charge on any atom is -0.365 e. The highest BCUT2D eigenvalue weighted by Gasteiger charge is 2.46. The van der Waals surface area contributed by atoms with Gasteiger partial charge in [-0.2, -0.15) is 19.1 Å². The van der Waals surface area contributed by atoms with E-state index in [4.69, 9.17) is 10.00 Å². The number of carbonyl (C=O) groups is 1. The van der Waals surface area contributed by atoms with Crippen LogP contribution in [-0.2, 0) is 15.5 Å². The fourth-order valence-corrected chi connectivity index (χ4v) is 4.96. The molecule has 176 valence electrons. The van der Waals surface area contributed by atoms with Crippen molar-refractivity contribution in [3.8, 4) is 6.07 Å². The van der Waals surface area contributed by atoms with Crippen molar-refractivity contribution in [1.29, 1.82) is 5.26 Å². The fourth-order valence-electron chi connectivity index (χ4n) is 4.96. The topological polar surface area (TPSA) is 99.7 Å². The van der Waals surface area contributed by atoms with Gasteiger partial charge < -0.3 is 14.5 Å². The van der Waals surface area contributed by atoms with Crippen LogP contribution in [0.2, 0.25) is 0 Å². The smallest absolute Gasteiger partial charge is 0.299 e. The van der Waals surface area contributed by atoms with Gasteiger partial charge >= 0.3 is 0 Å². The van der Waals surface area contributed by atoms with Crippen LogP contribution in [0.5, 0.6) is 0 Å². The Balaban J connectivity index is 1.21. The number of nitrogens with zero attached hydrogens (tertiary/aromatic N) is 7. The third-order valence-electron chi connectivity index (χ3n) is 6.59. The van der Waals surface area contributed by atoms with E-state index in [1.54, 1.807) is 17.2 Å². The van der Waals surface area contributed by atoms with E-state index in [2.05, 4.69) is 33.0 Å². The summed E-state index contributed by atoms with van der Waals surface area (Å²) in [7, 11) is 0. The molecule has 2 fully saturated rings. The molecule has 2 aliphatic heterocycles. The number of halogens is 2. The number of fused-ring (bicyclic) bond motifs is 3. The molecule has 2 bridgehead atoms. The van der Waals surface area contributed by atoms with Crippen LogP contribution in [0.15, 0.2) is 43.0 Å². The molecule has 11 heteroatoms. The number of pyridine rings is 2. The molecule has 0 spiro atoms. The quantitative estimate of drug-likeness (QED) is 0.548. The Hall–Kier alpha value is -3.65. The number of rotatable bonds is 6. The maximum Gasteiger partial charge on any atom is 0.299 e. The standard InChI is InChI=1S/C23H23F2N7O2/c1-15-7-17-10-30(11-19(15)32(17)20-5-4-16(8-26)9-27-20)21(33)12-34-13-23(24,25)18-3-2-6-31-22(18)28-14-29-31/h2-6,9,14-15,17,19H,7,10-13H2,1H3/t15-,17?,19?/m1/s1. The molecule has 2 unspecified atom stereocenters. The molecule has 5 rings (SSSR count). The number of aromatic nitrogens is 4. The third kappa shape index (κ3) is 3.94. The van der Waals surface area contributed by atoms with Crippen molar-refractivity contribution in [3.63, 3.8) is 0 Å². The molecule has 5 heterocycles. The largest absolute Gasteiger partial charge is 0.365 e. The minimum atomic E-state index is -3.32. The molecule has 0 N–H and O–H groups in total. The number of anilines is 1. The zero-order valence-corrected chi connectivity index (χ0v) is 18.5. The van der Waals surface area contributed by atoms with Crippen molar-refractivity contribution in [1.82, 2.24) is 24.5 Å². The molecule has 0 saturated carbocycles. The Labute approximate surface area is 194 Å². The van der Waals surface area contributed by atoms with Crippen molar-refractivity contribution in [2.45, 2.75) is 31.4 Å². The molecular weight excluding hydrogens is 444 g/mol. The zero-order chi connectivity index (χ0) is 23.9. The van der Waals surface area contributed by atoms with Crippen molar-refractivity contribution < 1.29 is 18.3 Å². The Morgan fingerprint density at radius 3 is 2.88 bits per heavy atom. The average molecular weight is 467 g/mol. The summed E-state index contributed by atoms with van der Waals surface area (Å²) in [5, 5.41) is 12.9. The lowest BCUT2D eigenvalue weighted by atomic mass is 10.0. The minimum absolute atomic E-state index is 0.0560. The van der Waals surface area contributed by atoms with E-state index >= 15 is 0 Å². The highest BCUT2D eigenvalue weighted by molar-refractivity contribution is 5.78. The molecule has 2 saturated heterocycles. The first-order valence-electron chi connectivity index (χ1n) is 11.0. The van der Waals surface area contributed by atoms with Crippen LogP contribution in [0, 0.1) is 17.2 Å². The predicted molar refractivity (Wildman–Crippen MR) is 117 cm³/mol. The lowest BCUT2D eigenvalue weighted by molar-refractivity contribution is -0.142. The summed E-state index contributed by atoms with van der Waals surface area (Å²) in [6.07, 6.45) is 5.19. The number of nitriles is 1. The number of amides is 1. The molecule has 3 aromatic heterocycles. The van der Waals surface area contributed by atoms with Gasteiger partial charge in [0.15, 0.2) is 5.65 Å². The summed E-state index contributed by atoms with van der Waals surface area (Å²) >= 11 is 0. The van der Waals surface area contributed by atoms with Crippen LogP contribution in [0.4, 0.5) is 14.6 Å². The molecule has 0 aliphatic carbocycles. The SMILES string of the molecule is C[C@@H]1CC2CN(C(=O)COCC(F)(F)c3cccn4ncnc34)CC1N2c1ccc(C#N)cn1. The van der Waals surface area contributed by atoms with Crippen LogP contribution < -0.4 is 4.90 Å². The van der Waals surface area contributed by atoms with Gasteiger partial charge in [0.25, 0.3) is 5.92 Å². The van der Waals surface area contributed by atoms with Gasteiger partial charge in [0.05, 0.1) is 17.2 Å². The number of hydrogen-bond acceptors (Lipinski definition) is 7. The van der Waals surface area contributed by atoms with Gasteiger partial charge in [0.2, 0.25) is 5.91 Å². The molecule has 1 amide bonds. The number of piperazine rings is 1. The van der Waals surface area contributed by atoms with E-state index in [9.17, 15) is 13.6 Å². The molecule has 3 aromatic rings. The van der Waals surface area contributed by atoms with E-state index < -0.39 is 19.1 Å². The summed E-state index contributed by atoms with van der Waals surface area (Å²) in [4.78, 5) is 25.0.